The minimum atomic E-state index is -3.83. The van der Waals surface area contributed by atoms with Gasteiger partial charge in [0.15, 0.2) is 0 Å². The molecule has 0 saturated carbocycles. The zero-order chi connectivity index (χ0) is 19.4. The van der Waals surface area contributed by atoms with Crippen LogP contribution in [0.1, 0.15) is 24.0 Å². The summed E-state index contributed by atoms with van der Waals surface area (Å²) in [4.78, 5) is 2.24. The summed E-state index contributed by atoms with van der Waals surface area (Å²) in [6.07, 6.45) is 1.78. The Labute approximate surface area is 158 Å². The molecule has 1 fully saturated rings. The van der Waals surface area contributed by atoms with E-state index in [0.717, 1.165) is 38.0 Å². The molecule has 1 saturated heterocycles. The van der Waals surface area contributed by atoms with Crippen LogP contribution < -0.4 is 10.5 Å². The number of piperidine rings is 1. The van der Waals surface area contributed by atoms with Crippen molar-refractivity contribution in [3.8, 4) is 6.07 Å². The van der Waals surface area contributed by atoms with Crippen LogP contribution in [0.4, 0.5) is 10.1 Å². The van der Waals surface area contributed by atoms with Crippen LogP contribution in [0.2, 0.25) is 0 Å². The maximum absolute atomic E-state index is 13.0. The number of primary sulfonamides is 1. The number of rotatable bonds is 5. The molecule has 142 valence electrons. The van der Waals surface area contributed by atoms with Crippen LogP contribution in [0, 0.1) is 17.1 Å². The molecule has 2 aromatic rings. The van der Waals surface area contributed by atoms with Crippen LogP contribution in [0.3, 0.4) is 0 Å². The van der Waals surface area contributed by atoms with Gasteiger partial charge in [0.25, 0.3) is 0 Å². The average molecular weight is 388 g/mol. The Balaban J connectivity index is 1.59. The van der Waals surface area contributed by atoms with Gasteiger partial charge in [-0.3, -0.25) is 4.90 Å². The highest BCUT2D eigenvalue weighted by Gasteiger charge is 2.20. The summed E-state index contributed by atoms with van der Waals surface area (Å²) in [6.45, 7) is 2.54. The Morgan fingerprint density at radius 2 is 1.85 bits per heavy atom. The number of anilines is 1. The van der Waals surface area contributed by atoms with Crippen molar-refractivity contribution in [1.82, 2.24) is 4.90 Å². The minimum absolute atomic E-state index is 0.0706. The molecule has 0 aliphatic carbocycles. The molecule has 0 unspecified atom stereocenters. The first kappa shape index (κ1) is 19.3. The Bertz CT molecular complexity index is 947. The van der Waals surface area contributed by atoms with Crippen LogP contribution in [0.15, 0.2) is 47.4 Å². The van der Waals surface area contributed by atoms with Gasteiger partial charge in [0, 0.05) is 25.7 Å². The van der Waals surface area contributed by atoms with Gasteiger partial charge in [0.05, 0.1) is 16.1 Å². The largest absolute Gasteiger partial charge is 0.381 e. The molecule has 2 aromatic carbocycles. The highest BCUT2D eigenvalue weighted by Crippen LogP contribution is 2.23. The SMILES string of the molecule is N#Cc1cc(S(N)(=O)=O)ccc1NC1CCN(Cc2ccc(F)cc2)CC1. The summed E-state index contributed by atoms with van der Waals surface area (Å²) in [5.74, 6) is -0.233. The summed E-state index contributed by atoms with van der Waals surface area (Å²) < 4.78 is 35.8. The highest BCUT2D eigenvalue weighted by molar-refractivity contribution is 7.89. The standard InChI is InChI=1S/C19H21FN4O2S/c20-16-3-1-14(2-4-16)13-24-9-7-17(8-10-24)23-19-6-5-18(27(22,25)26)11-15(19)12-21/h1-6,11,17,23H,7-10,13H2,(H2,22,25,26). The van der Waals surface area contributed by atoms with Gasteiger partial charge in [-0.2, -0.15) is 5.26 Å². The van der Waals surface area contributed by atoms with Gasteiger partial charge in [-0.1, -0.05) is 12.1 Å². The second-order valence-corrected chi connectivity index (χ2v) is 8.25. The van der Waals surface area contributed by atoms with Gasteiger partial charge in [0.1, 0.15) is 11.9 Å². The van der Waals surface area contributed by atoms with E-state index in [9.17, 15) is 18.1 Å². The fraction of sp³-hybridized carbons (Fsp3) is 0.316. The van der Waals surface area contributed by atoms with E-state index in [0.29, 0.717) is 5.69 Å². The predicted molar refractivity (Wildman–Crippen MR) is 101 cm³/mol. The molecule has 0 spiro atoms. The van der Waals surface area contributed by atoms with Gasteiger partial charge in [-0.25, -0.2) is 17.9 Å². The molecule has 1 aliphatic heterocycles. The lowest BCUT2D eigenvalue weighted by atomic mass is 10.0. The zero-order valence-electron chi connectivity index (χ0n) is 14.7. The molecule has 27 heavy (non-hydrogen) atoms. The maximum atomic E-state index is 13.0. The molecule has 3 rings (SSSR count). The monoisotopic (exact) mass is 388 g/mol. The van der Waals surface area contributed by atoms with Gasteiger partial charge in [-0.15, -0.1) is 0 Å². The summed E-state index contributed by atoms with van der Waals surface area (Å²) in [5.41, 5.74) is 1.95. The fourth-order valence-electron chi connectivity index (χ4n) is 3.22. The molecule has 0 aromatic heterocycles. The van der Waals surface area contributed by atoms with Crippen molar-refractivity contribution in [3.63, 3.8) is 0 Å². The Morgan fingerprint density at radius 3 is 2.44 bits per heavy atom. The Hall–Kier alpha value is -2.47. The van der Waals surface area contributed by atoms with E-state index in [1.54, 1.807) is 18.2 Å². The molecule has 1 heterocycles. The first-order valence-electron chi connectivity index (χ1n) is 8.65. The van der Waals surface area contributed by atoms with Crippen molar-refractivity contribution in [2.24, 2.45) is 5.14 Å². The third-order valence-corrected chi connectivity index (χ3v) is 5.62. The Kier molecular flexibility index (Phi) is 5.75. The van der Waals surface area contributed by atoms with Crippen molar-refractivity contribution in [1.29, 1.82) is 5.26 Å². The average Bonchev–Trinajstić information content (AvgIpc) is 2.64. The van der Waals surface area contributed by atoms with Gasteiger partial charge in [-0.05, 0) is 48.7 Å². The molecule has 0 atom stereocenters. The lowest BCUT2D eigenvalue weighted by Crippen LogP contribution is -2.38. The Morgan fingerprint density at radius 1 is 1.19 bits per heavy atom. The zero-order valence-corrected chi connectivity index (χ0v) is 15.5. The van der Waals surface area contributed by atoms with E-state index in [4.69, 9.17) is 5.14 Å². The van der Waals surface area contributed by atoms with E-state index in [1.165, 1.54) is 24.3 Å². The summed E-state index contributed by atoms with van der Waals surface area (Å²) in [5, 5.41) is 17.8. The number of sulfonamides is 1. The summed E-state index contributed by atoms with van der Waals surface area (Å²) >= 11 is 0. The molecule has 1 aliphatic rings. The highest BCUT2D eigenvalue weighted by atomic mass is 32.2. The van der Waals surface area contributed by atoms with Crippen molar-refractivity contribution >= 4 is 15.7 Å². The van der Waals surface area contributed by atoms with E-state index in [1.807, 2.05) is 6.07 Å². The summed E-state index contributed by atoms with van der Waals surface area (Å²) in [7, 11) is -3.83. The second-order valence-electron chi connectivity index (χ2n) is 6.69. The molecule has 6 nitrogen and oxygen atoms in total. The minimum Gasteiger partial charge on any atom is -0.381 e. The number of benzene rings is 2. The summed E-state index contributed by atoms with van der Waals surface area (Å²) in [6, 6.07) is 13.0. The van der Waals surface area contributed by atoms with Crippen LogP contribution in [0.25, 0.3) is 0 Å². The van der Waals surface area contributed by atoms with Gasteiger partial charge >= 0.3 is 0 Å². The number of halogens is 1. The number of hydrogen-bond donors (Lipinski definition) is 2. The first-order chi connectivity index (χ1) is 12.8. The van der Waals surface area contributed by atoms with E-state index >= 15 is 0 Å². The number of likely N-dealkylation sites (tertiary alicyclic amines) is 1. The van der Waals surface area contributed by atoms with Crippen molar-refractivity contribution in [3.05, 3.63) is 59.4 Å². The topological polar surface area (TPSA) is 99.2 Å². The quantitative estimate of drug-likeness (QED) is 0.819. The van der Waals surface area contributed by atoms with Gasteiger partial charge in [0.2, 0.25) is 10.0 Å². The molecule has 3 N–H and O–H groups in total. The van der Waals surface area contributed by atoms with E-state index in [2.05, 4.69) is 10.2 Å². The second kappa shape index (κ2) is 8.05. The number of nitrogens with zero attached hydrogens (tertiary/aromatic N) is 2. The molecule has 0 bridgehead atoms. The lowest BCUT2D eigenvalue weighted by molar-refractivity contribution is 0.211. The molecular weight excluding hydrogens is 367 g/mol. The normalized spacial score (nSPS) is 16.0. The lowest BCUT2D eigenvalue weighted by Gasteiger charge is -2.33. The molecule has 0 radical (unpaired) electrons. The number of nitrogens with two attached hydrogens (primary N) is 1. The van der Waals surface area contributed by atoms with Crippen molar-refractivity contribution in [2.45, 2.75) is 30.3 Å². The number of nitrogens with one attached hydrogen (secondary N) is 1. The van der Waals surface area contributed by atoms with E-state index in [-0.39, 0.29) is 22.3 Å². The van der Waals surface area contributed by atoms with Crippen molar-refractivity contribution in [2.75, 3.05) is 18.4 Å². The van der Waals surface area contributed by atoms with Crippen molar-refractivity contribution < 1.29 is 12.8 Å². The molecule has 0 amide bonds. The van der Waals surface area contributed by atoms with Crippen LogP contribution in [-0.4, -0.2) is 32.4 Å². The number of hydrogen-bond acceptors (Lipinski definition) is 5. The smallest absolute Gasteiger partial charge is 0.238 e. The van der Waals surface area contributed by atoms with Gasteiger partial charge < -0.3 is 5.32 Å². The van der Waals surface area contributed by atoms with E-state index < -0.39 is 10.0 Å². The number of nitriles is 1. The first-order valence-corrected chi connectivity index (χ1v) is 10.2. The van der Waals surface area contributed by atoms with Crippen LogP contribution in [0.5, 0.6) is 0 Å². The van der Waals surface area contributed by atoms with Crippen LogP contribution in [-0.2, 0) is 16.6 Å². The third kappa shape index (κ3) is 5.04. The van der Waals surface area contributed by atoms with Crippen LogP contribution >= 0.6 is 0 Å². The molecular formula is C19H21FN4O2S. The predicted octanol–water partition coefficient (Wildman–Crippen LogP) is 2.42. The fourth-order valence-corrected chi connectivity index (χ4v) is 3.76. The maximum Gasteiger partial charge on any atom is 0.238 e. The molecule has 8 heteroatoms. The third-order valence-electron chi connectivity index (χ3n) is 4.71.